The quantitative estimate of drug-likeness (QED) is 0.908. The average molecular weight is 324 g/mol. The van der Waals surface area contributed by atoms with E-state index in [4.69, 9.17) is 5.73 Å². The molecule has 1 aliphatic carbocycles. The highest BCUT2D eigenvalue weighted by Gasteiger charge is 2.31. The molecule has 1 aliphatic rings. The van der Waals surface area contributed by atoms with Crippen LogP contribution in [0.1, 0.15) is 31.1 Å². The summed E-state index contributed by atoms with van der Waals surface area (Å²) in [4.78, 5) is 1.11. The van der Waals surface area contributed by atoms with Crippen LogP contribution in [0, 0.1) is 5.92 Å². The average Bonchev–Trinajstić information content (AvgIpc) is 3.02. The van der Waals surface area contributed by atoms with Crippen LogP contribution in [0.3, 0.4) is 0 Å². The highest BCUT2D eigenvalue weighted by Crippen LogP contribution is 2.35. The van der Waals surface area contributed by atoms with Crippen molar-refractivity contribution in [1.29, 1.82) is 0 Å². The summed E-state index contributed by atoms with van der Waals surface area (Å²) in [7, 11) is -3.52. The van der Waals surface area contributed by atoms with Crippen LogP contribution in [0.5, 0.6) is 0 Å². The lowest BCUT2D eigenvalue weighted by molar-refractivity contribution is 0.476. The first-order chi connectivity index (χ1) is 10.0. The number of benzene rings is 1. The molecule has 3 N–H and O–H groups in total. The van der Waals surface area contributed by atoms with Crippen LogP contribution >= 0.6 is 11.3 Å². The van der Waals surface area contributed by atoms with Gasteiger partial charge in [0.2, 0.25) is 10.0 Å². The largest absolute Gasteiger partial charge is 0.326 e. The maximum atomic E-state index is 12.8. The Labute approximate surface area is 129 Å². The van der Waals surface area contributed by atoms with Crippen LogP contribution < -0.4 is 10.5 Å². The number of nitrogens with one attached hydrogen (secondary N) is 1. The third-order valence-electron chi connectivity index (χ3n) is 4.24. The zero-order chi connectivity index (χ0) is 15.0. The molecule has 0 amide bonds. The fraction of sp³-hybridized carbons (Fsp3) is 0.467. The number of rotatable bonds is 4. The summed E-state index contributed by atoms with van der Waals surface area (Å²) in [5, 5.41) is 0.779. The number of sulfonamides is 1. The van der Waals surface area contributed by atoms with Crippen LogP contribution in [0.15, 0.2) is 29.2 Å². The van der Waals surface area contributed by atoms with Gasteiger partial charge in [-0.2, -0.15) is 0 Å². The van der Waals surface area contributed by atoms with Gasteiger partial charge in [0.25, 0.3) is 0 Å². The Bertz CT molecular complexity index is 752. The molecular formula is C15H20N2O2S2. The molecule has 2 aromatic rings. The molecule has 4 nitrogen and oxygen atoms in total. The highest BCUT2D eigenvalue weighted by atomic mass is 32.2. The first-order valence-electron chi connectivity index (χ1n) is 7.25. The molecule has 0 spiro atoms. The Morgan fingerprint density at radius 3 is 2.76 bits per heavy atom. The molecule has 1 heterocycles. The fourth-order valence-corrected chi connectivity index (χ4v) is 6.29. The van der Waals surface area contributed by atoms with E-state index in [1.807, 2.05) is 24.3 Å². The van der Waals surface area contributed by atoms with Gasteiger partial charge in [0.15, 0.2) is 0 Å². The van der Waals surface area contributed by atoms with E-state index >= 15 is 0 Å². The van der Waals surface area contributed by atoms with Gasteiger partial charge in [-0.3, -0.25) is 0 Å². The zero-order valence-corrected chi connectivity index (χ0v) is 13.6. The van der Waals surface area contributed by atoms with Crippen molar-refractivity contribution in [3.8, 4) is 0 Å². The Hall–Kier alpha value is -0.950. The SMILES string of the molecule is CC1CCCC1NS(=O)(=O)c1c(CN)sc2ccccc12. The maximum absolute atomic E-state index is 12.8. The van der Waals surface area contributed by atoms with Crippen LogP contribution in [-0.4, -0.2) is 14.5 Å². The van der Waals surface area contributed by atoms with Crippen molar-refractivity contribution >= 4 is 31.4 Å². The molecule has 0 aliphatic heterocycles. The minimum absolute atomic E-state index is 0.0410. The summed E-state index contributed by atoms with van der Waals surface area (Å²) in [6.45, 7) is 2.35. The predicted molar refractivity (Wildman–Crippen MR) is 86.8 cm³/mol. The molecule has 2 atom stereocenters. The van der Waals surface area contributed by atoms with E-state index in [0.717, 1.165) is 34.2 Å². The van der Waals surface area contributed by atoms with Gasteiger partial charge < -0.3 is 5.73 Å². The molecule has 6 heteroatoms. The number of thiophene rings is 1. The van der Waals surface area contributed by atoms with Gasteiger partial charge in [-0.05, 0) is 24.8 Å². The highest BCUT2D eigenvalue weighted by molar-refractivity contribution is 7.90. The van der Waals surface area contributed by atoms with Gasteiger partial charge in [-0.25, -0.2) is 13.1 Å². The van der Waals surface area contributed by atoms with E-state index in [1.165, 1.54) is 11.3 Å². The van der Waals surface area contributed by atoms with Crippen molar-refractivity contribution in [2.75, 3.05) is 0 Å². The van der Waals surface area contributed by atoms with Gasteiger partial charge in [0.1, 0.15) is 4.90 Å². The molecular weight excluding hydrogens is 304 g/mol. The van der Waals surface area contributed by atoms with Crippen molar-refractivity contribution in [1.82, 2.24) is 4.72 Å². The van der Waals surface area contributed by atoms with Gasteiger partial charge in [0.05, 0.1) is 0 Å². The first-order valence-corrected chi connectivity index (χ1v) is 9.55. The monoisotopic (exact) mass is 324 g/mol. The Morgan fingerprint density at radius 1 is 1.33 bits per heavy atom. The molecule has 2 unspecified atom stereocenters. The van der Waals surface area contributed by atoms with Gasteiger partial charge in [0, 0.05) is 27.5 Å². The summed E-state index contributed by atoms with van der Waals surface area (Å²) in [5.41, 5.74) is 5.76. The topological polar surface area (TPSA) is 72.2 Å². The van der Waals surface area contributed by atoms with Crippen molar-refractivity contribution in [3.05, 3.63) is 29.1 Å². The summed E-state index contributed by atoms with van der Waals surface area (Å²) >= 11 is 1.47. The first kappa shape index (κ1) is 15.0. The normalized spacial score (nSPS) is 23.0. The molecule has 1 aromatic carbocycles. The van der Waals surface area contributed by atoms with Crippen molar-refractivity contribution in [3.63, 3.8) is 0 Å². The molecule has 1 saturated carbocycles. The standard InChI is InChI=1S/C15H20N2O2S2/c1-10-5-4-7-12(10)17-21(18,19)15-11-6-2-3-8-13(11)20-14(15)9-16/h2-3,6,8,10,12,17H,4-5,7,9,16H2,1H3. The van der Waals surface area contributed by atoms with E-state index in [-0.39, 0.29) is 12.6 Å². The summed E-state index contributed by atoms with van der Waals surface area (Å²) in [5.74, 6) is 0.394. The molecule has 1 aromatic heterocycles. The van der Waals surface area contributed by atoms with Crippen molar-refractivity contribution < 1.29 is 8.42 Å². The Morgan fingerprint density at radius 2 is 2.10 bits per heavy atom. The maximum Gasteiger partial charge on any atom is 0.242 e. The second-order valence-electron chi connectivity index (χ2n) is 5.69. The summed E-state index contributed by atoms with van der Waals surface area (Å²) < 4.78 is 29.5. The Kier molecular flexibility index (Phi) is 4.05. The molecule has 114 valence electrons. The molecule has 0 bridgehead atoms. The second kappa shape index (κ2) is 5.68. The van der Waals surface area contributed by atoms with Crippen LogP contribution in [0.2, 0.25) is 0 Å². The van der Waals surface area contributed by atoms with E-state index < -0.39 is 10.0 Å². The zero-order valence-electron chi connectivity index (χ0n) is 12.0. The molecule has 21 heavy (non-hydrogen) atoms. The van der Waals surface area contributed by atoms with Crippen LogP contribution in [-0.2, 0) is 16.6 Å². The molecule has 1 fully saturated rings. The third kappa shape index (κ3) is 2.73. The third-order valence-corrected chi connectivity index (χ3v) is 7.18. The molecule has 3 rings (SSSR count). The van der Waals surface area contributed by atoms with E-state index in [9.17, 15) is 8.42 Å². The molecule has 0 saturated heterocycles. The van der Waals surface area contributed by atoms with Crippen molar-refractivity contribution in [2.24, 2.45) is 11.7 Å². The summed E-state index contributed by atoms with van der Waals surface area (Å²) in [6, 6.07) is 7.63. The van der Waals surface area contributed by atoms with Gasteiger partial charge in [-0.1, -0.05) is 31.5 Å². The van der Waals surface area contributed by atoms with E-state index in [0.29, 0.717) is 10.8 Å². The number of hydrogen-bond donors (Lipinski definition) is 2. The van der Waals surface area contributed by atoms with Crippen LogP contribution in [0.25, 0.3) is 10.1 Å². The number of fused-ring (bicyclic) bond motifs is 1. The summed E-state index contributed by atoms with van der Waals surface area (Å²) in [6.07, 6.45) is 3.09. The fourth-order valence-electron chi connectivity index (χ4n) is 3.08. The van der Waals surface area contributed by atoms with Crippen molar-refractivity contribution in [2.45, 2.75) is 43.7 Å². The number of hydrogen-bond acceptors (Lipinski definition) is 4. The smallest absolute Gasteiger partial charge is 0.242 e. The lowest BCUT2D eigenvalue weighted by Gasteiger charge is -2.17. The lowest BCUT2D eigenvalue weighted by Crippen LogP contribution is -2.36. The van der Waals surface area contributed by atoms with Gasteiger partial charge >= 0.3 is 0 Å². The van der Waals surface area contributed by atoms with Gasteiger partial charge in [-0.15, -0.1) is 11.3 Å². The van der Waals surface area contributed by atoms with E-state index in [2.05, 4.69) is 11.6 Å². The minimum atomic E-state index is -3.52. The minimum Gasteiger partial charge on any atom is -0.326 e. The Balaban J connectivity index is 2.05. The second-order valence-corrected chi connectivity index (χ2v) is 8.48. The molecule has 0 radical (unpaired) electrons. The lowest BCUT2D eigenvalue weighted by atomic mass is 10.1. The predicted octanol–water partition coefficient (Wildman–Crippen LogP) is 2.83. The number of nitrogens with two attached hydrogens (primary N) is 1. The van der Waals surface area contributed by atoms with E-state index in [1.54, 1.807) is 0 Å². The van der Waals surface area contributed by atoms with Crippen LogP contribution in [0.4, 0.5) is 0 Å².